The molecule has 0 aliphatic heterocycles. The number of aliphatic hydroxyl groups is 1. The topological polar surface area (TPSA) is 41.5 Å². The molecule has 0 aromatic heterocycles. The third kappa shape index (κ3) is 4.92. The van der Waals surface area contributed by atoms with Crippen molar-refractivity contribution in [1.29, 1.82) is 0 Å². The van der Waals surface area contributed by atoms with Gasteiger partial charge in [-0.05, 0) is 37.3 Å². The first-order chi connectivity index (χ1) is 10.0. The van der Waals surface area contributed by atoms with Crippen LogP contribution in [0.25, 0.3) is 0 Å². The van der Waals surface area contributed by atoms with Gasteiger partial charge in [0.1, 0.15) is 24.3 Å². The molecule has 0 heterocycles. The smallest absolute Gasteiger partial charge is 0.143 e. The Morgan fingerprint density at radius 1 is 1.24 bits per heavy atom. The maximum Gasteiger partial charge on any atom is 0.143 e. The molecule has 2 rings (SSSR count). The van der Waals surface area contributed by atoms with E-state index in [9.17, 15) is 9.50 Å². The highest BCUT2D eigenvalue weighted by atomic mass is 35.5. The molecule has 0 amide bonds. The zero-order valence-electron chi connectivity index (χ0n) is 11.6. The van der Waals surface area contributed by atoms with Crippen LogP contribution in [0, 0.1) is 12.7 Å². The molecule has 0 bridgehead atoms. The number of hydrogen-bond donors (Lipinski definition) is 2. The van der Waals surface area contributed by atoms with Crippen molar-refractivity contribution in [1.82, 2.24) is 0 Å². The van der Waals surface area contributed by atoms with E-state index in [1.54, 1.807) is 6.07 Å². The minimum Gasteiger partial charge on any atom is -0.491 e. The van der Waals surface area contributed by atoms with Crippen molar-refractivity contribution in [2.75, 3.05) is 18.5 Å². The fraction of sp³-hybridized carbons (Fsp3) is 0.250. The third-order valence-corrected chi connectivity index (χ3v) is 3.23. The van der Waals surface area contributed by atoms with E-state index >= 15 is 0 Å². The Bertz CT molecular complexity index is 589. The van der Waals surface area contributed by atoms with Crippen molar-refractivity contribution in [3.05, 3.63) is 58.9 Å². The molecular weight excluding hydrogens is 293 g/mol. The van der Waals surface area contributed by atoms with Crippen molar-refractivity contribution >= 4 is 17.3 Å². The van der Waals surface area contributed by atoms with Gasteiger partial charge in [-0.15, -0.1) is 0 Å². The molecular formula is C16H17ClFNO2. The Morgan fingerprint density at radius 2 is 1.95 bits per heavy atom. The van der Waals surface area contributed by atoms with Crippen molar-refractivity contribution in [3.63, 3.8) is 0 Å². The second-order valence-corrected chi connectivity index (χ2v) is 5.19. The van der Waals surface area contributed by atoms with Gasteiger partial charge in [0, 0.05) is 12.2 Å². The first-order valence-electron chi connectivity index (χ1n) is 6.61. The first-order valence-corrected chi connectivity index (χ1v) is 6.99. The second-order valence-electron chi connectivity index (χ2n) is 4.79. The van der Waals surface area contributed by atoms with Gasteiger partial charge < -0.3 is 15.2 Å². The monoisotopic (exact) mass is 309 g/mol. The predicted molar refractivity (Wildman–Crippen MR) is 82.6 cm³/mol. The molecule has 2 N–H and O–H groups in total. The van der Waals surface area contributed by atoms with Gasteiger partial charge in [-0.25, -0.2) is 4.39 Å². The van der Waals surface area contributed by atoms with Crippen LogP contribution in [0.2, 0.25) is 5.02 Å². The molecule has 3 nitrogen and oxygen atoms in total. The molecule has 112 valence electrons. The Hall–Kier alpha value is -1.78. The van der Waals surface area contributed by atoms with E-state index in [0.29, 0.717) is 11.4 Å². The summed E-state index contributed by atoms with van der Waals surface area (Å²) in [6.45, 7) is 2.41. The zero-order chi connectivity index (χ0) is 15.2. The average molecular weight is 310 g/mol. The fourth-order valence-corrected chi connectivity index (χ4v) is 1.85. The molecule has 21 heavy (non-hydrogen) atoms. The molecule has 0 saturated carbocycles. The third-order valence-electron chi connectivity index (χ3n) is 2.92. The molecule has 1 atom stereocenters. The second kappa shape index (κ2) is 7.29. The van der Waals surface area contributed by atoms with Crippen LogP contribution in [0.4, 0.5) is 10.1 Å². The molecule has 5 heteroatoms. The number of aliphatic hydroxyl groups excluding tert-OH is 1. The van der Waals surface area contributed by atoms with Crippen LogP contribution in [0.15, 0.2) is 42.5 Å². The number of hydrogen-bond acceptors (Lipinski definition) is 3. The van der Waals surface area contributed by atoms with E-state index in [0.717, 1.165) is 5.56 Å². The Kier molecular flexibility index (Phi) is 5.42. The van der Waals surface area contributed by atoms with Gasteiger partial charge in [-0.3, -0.25) is 0 Å². The Labute approximate surface area is 128 Å². The van der Waals surface area contributed by atoms with Crippen LogP contribution in [-0.4, -0.2) is 24.4 Å². The quantitative estimate of drug-likeness (QED) is 0.856. The van der Waals surface area contributed by atoms with Crippen molar-refractivity contribution in [2.24, 2.45) is 0 Å². The fourth-order valence-electron chi connectivity index (χ4n) is 1.73. The Morgan fingerprint density at radius 3 is 2.62 bits per heavy atom. The van der Waals surface area contributed by atoms with Gasteiger partial charge in [0.15, 0.2) is 0 Å². The minimum absolute atomic E-state index is 0.0730. The summed E-state index contributed by atoms with van der Waals surface area (Å²) in [6, 6.07) is 12.0. The number of benzene rings is 2. The van der Waals surface area contributed by atoms with E-state index in [1.807, 2.05) is 31.2 Å². The van der Waals surface area contributed by atoms with Crippen LogP contribution >= 0.6 is 11.6 Å². The Balaban J connectivity index is 1.77. The predicted octanol–water partition coefficient (Wildman–Crippen LogP) is 3.64. The highest BCUT2D eigenvalue weighted by Gasteiger charge is 2.06. The van der Waals surface area contributed by atoms with Gasteiger partial charge in [-0.2, -0.15) is 0 Å². The maximum atomic E-state index is 13.2. The van der Waals surface area contributed by atoms with Crippen molar-refractivity contribution in [2.45, 2.75) is 13.0 Å². The highest BCUT2D eigenvalue weighted by molar-refractivity contribution is 6.30. The summed E-state index contributed by atoms with van der Waals surface area (Å²) in [5, 5.41) is 12.8. The van der Waals surface area contributed by atoms with Gasteiger partial charge in [-0.1, -0.05) is 29.3 Å². The SMILES string of the molecule is Cc1ccc(OCC(O)CNc2ccc(Cl)c(F)c2)cc1. The number of ether oxygens (including phenoxy) is 1. The summed E-state index contributed by atoms with van der Waals surface area (Å²) < 4.78 is 18.7. The lowest BCUT2D eigenvalue weighted by molar-refractivity contribution is 0.117. The zero-order valence-corrected chi connectivity index (χ0v) is 12.4. The molecule has 1 unspecified atom stereocenters. The van der Waals surface area contributed by atoms with E-state index in [2.05, 4.69) is 5.32 Å². The lowest BCUT2D eigenvalue weighted by Crippen LogP contribution is -2.26. The van der Waals surface area contributed by atoms with Crippen molar-refractivity contribution < 1.29 is 14.2 Å². The molecule has 2 aromatic rings. The minimum atomic E-state index is -0.704. The largest absolute Gasteiger partial charge is 0.491 e. The normalized spacial score (nSPS) is 12.0. The molecule has 0 aliphatic carbocycles. The van der Waals surface area contributed by atoms with Gasteiger partial charge in [0.05, 0.1) is 5.02 Å². The van der Waals surface area contributed by atoms with Gasteiger partial charge >= 0.3 is 0 Å². The van der Waals surface area contributed by atoms with E-state index in [1.165, 1.54) is 12.1 Å². The first kappa shape index (κ1) is 15.6. The van der Waals surface area contributed by atoms with Crippen LogP contribution in [0.1, 0.15) is 5.56 Å². The van der Waals surface area contributed by atoms with Gasteiger partial charge in [0.2, 0.25) is 0 Å². The van der Waals surface area contributed by atoms with Crippen LogP contribution in [0.3, 0.4) is 0 Å². The number of rotatable bonds is 6. The van der Waals surface area contributed by atoms with Gasteiger partial charge in [0.25, 0.3) is 0 Å². The molecule has 0 spiro atoms. The number of anilines is 1. The number of nitrogens with one attached hydrogen (secondary N) is 1. The van der Waals surface area contributed by atoms with E-state index in [4.69, 9.17) is 16.3 Å². The summed E-state index contributed by atoms with van der Waals surface area (Å²) >= 11 is 5.60. The van der Waals surface area contributed by atoms with Crippen LogP contribution in [0.5, 0.6) is 5.75 Å². The lowest BCUT2D eigenvalue weighted by atomic mass is 10.2. The summed E-state index contributed by atoms with van der Waals surface area (Å²) in [4.78, 5) is 0. The number of halogens is 2. The summed E-state index contributed by atoms with van der Waals surface area (Å²) in [5.74, 6) is 0.212. The standard InChI is InChI=1S/C16H17ClFNO2/c1-11-2-5-14(6-3-11)21-10-13(20)9-19-12-4-7-15(17)16(18)8-12/h2-8,13,19-20H,9-10H2,1H3. The lowest BCUT2D eigenvalue weighted by Gasteiger charge is -2.14. The average Bonchev–Trinajstić information content (AvgIpc) is 2.48. The van der Waals surface area contributed by atoms with Crippen LogP contribution < -0.4 is 10.1 Å². The summed E-state index contributed by atoms with van der Waals surface area (Å²) in [7, 11) is 0. The van der Waals surface area contributed by atoms with E-state index in [-0.39, 0.29) is 18.2 Å². The molecule has 0 radical (unpaired) electrons. The summed E-state index contributed by atoms with van der Waals surface area (Å²) in [5.41, 5.74) is 1.71. The number of aryl methyl sites for hydroxylation is 1. The van der Waals surface area contributed by atoms with E-state index < -0.39 is 11.9 Å². The molecule has 0 fully saturated rings. The maximum absolute atomic E-state index is 13.2. The van der Waals surface area contributed by atoms with Crippen molar-refractivity contribution in [3.8, 4) is 5.75 Å². The molecule has 0 aliphatic rings. The highest BCUT2D eigenvalue weighted by Crippen LogP contribution is 2.18. The van der Waals surface area contributed by atoms with Crippen LogP contribution in [-0.2, 0) is 0 Å². The summed E-state index contributed by atoms with van der Waals surface area (Å²) in [6.07, 6.45) is -0.704. The molecule has 0 saturated heterocycles. The molecule has 2 aromatic carbocycles.